The van der Waals surface area contributed by atoms with E-state index in [2.05, 4.69) is 22.2 Å². The molecule has 0 aliphatic rings. The number of carbonyl (C=O) groups is 1. The van der Waals surface area contributed by atoms with Crippen molar-refractivity contribution >= 4 is 132 Å². The van der Waals surface area contributed by atoms with E-state index < -0.39 is 21.6 Å². The minimum atomic E-state index is -1.10. The van der Waals surface area contributed by atoms with Crippen LogP contribution in [-0.2, 0) is 21.6 Å². The molecule has 37 heavy (non-hydrogen) atoms. The summed E-state index contributed by atoms with van der Waals surface area (Å²) in [5.74, 6) is 5.14. The Morgan fingerprint density at radius 2 is 1.41 bits per heavy atom. The monoisotopic (exact) mass is 705 g/mol. The minimum Gasteiger partial charge on any atom is -0.386 e. The van der Waals surface area contributed by atoms with Crippen molar-refractivity contribution in [2.45, 2.75) is 13.3 Å². The van der Waals surface area contributed by atoms with Crippen molar-refractivity contribution in [3.8, 4) is 0 Å². The second-order valence-electron chi connectivity index (χ2n) is 6.52. The van der Waals surface area contributed by atoms with Gasteiger partial charge in [0.05, 0.1) is 43.7 Å². The third kappa shape index (κ3) is 32.2. The Balaban J connectivity index is 3.31. The average Bonchev–Trinajstić information content (AvgIpc) is 2.89. The van der Waals surface area contributed by atoms with Crippen molar-refractivity contribution in [3.05, 3.63) is 0 Å². The zero-order valence-electron chi connectivity index (χ0n) is 21.1. The van der Waals surface area contributed by atoms with E-state index in [0.717, 1.165) is 62.1 Å². The quantitative estimate of drug-likeness (QED) is 0.0504. The van der Waals surface area contributed by atoms with Crippen molar-refractivity contribution in [2.75, 3.05) is 85.5 Å². The topological polar surface area (TPSA) is 108 Å². The lowest BCUT2D eigenvalue weighted by Crippen LogP contribution is -2.22. The van der Waals surface area contributed by atoms with Crippen molar-refractivity contribution < 1.29 is 18.3 Å². The molecule has 17 heteroatoms. The van der Waals surface area contributed by atoms with Gasteiger partial charge in [-0.15, -0.1) is 58.8 Å². The highest BCUT2D eigenvalue weighted by atomic mass is 32.2. The fourth-order valence-corrected chi connectivity index (χ4v) is 12.1. The van der Waals surface area contributed by atoms with Gasteiger partial charge in [-0.3, -0.25) is 23.2 Å². The van der Waals surface area contributed by atoms with Gasteiger partial charge < -0.3 is 10.4 Å². The van der Waals surface area contributed by atoms with E-state index in [4.69, 9.17) is 5.11 Å². The molecule has 0 radical (unpaired) electrons. The van der Waals surface area contributed by atoms with Gasteiger partial charge in [-0.2, -0.15) is 23.5 Å². The van der Waals surface area contributed by atoms with Crippen LogP contribution >= 0.6 is 94.1 Å². The summed E-state index contributed by atoms with van der Waals surface area (Å²) in [7, 11) is -2.03. The lowest BCUT2D eigenvalue weighted by atomic mass is 10.5. The number of amides is 1. The highest BCUT2D eigenvalue weighted by Gasteiger charge is 2.02. The number of hydrogen-bond acceptors (Lipinski definition) is 14. The van der Waals surface area contributed by atoms with Crippen LogP contribution in [0.4, 0.5) is 4.79 Å². The second-order valence-corrected chi connectivity index (χ2v) is 19.4. The van der Waals surface area contributed by atoms with Crippen molar-refractivity contribution in [1.82, 2.24) is 5.32 Å². The molecule has 0 heterocycles. The molecule has 0 aromatic heterocycles. The van der Waals surface area contributed by atoms with Gasteiger partial charge in [0.25, 0.3) is 5.24 Å². The minimum absolute atomic E-state index is 0.0148. The van der Waals surface area contributed by atoms with E-state index in [9.17, 15) is 13.2 Å². The summed E-state index contributed by atoms with van der Waals surface area (Å²) in [6, 6.07) is 0. The number of hydrogen-bond donors (Lipinski definition) is 2. The Labute approximate surface area is 262 Å². The van der Waals surface area contributed by atoms with Gasteiger partial charge in [-0.1, -0.05) is 18.7 Å². The number of aliphatic hydroxyl groups excluding tert-OH is 1. The Hall–Kier alpha value is 1.87. The van der Waals surface area contributed by atoms with Crippen LogP contribution in [-0.4, -0.2) is 115 Å². The molecule has 2 N–H and O–H groups in total. The van der Waals surface area contributed by atoms with E-state index in [0.29, 0.717) is 23.9 Å². The molecule has 2 atom stereocenters. The fraction of sp³-hybridized carbons (Fsp3) is 0.850. The Bertz CT molecular complexity index is 647. The number of nitrogens with one attached hydrogen (secondary N) is 1. The first kappa shape index (κ1) is 38.9. The van der Waals surface area contributed by atoms with Crippen LogP contribution in [0.3, 0.4) is 0 Å². The lowest BCUT2D eigenvalue weighted by Gasteiger charge is -2.05. The number of thioether (sulfide) groups is 8. The molecule has 0 aromatic carbocycles. The maximum absolute atomic E-state index is 11.9. The summed E-state index contributed by atoms with van der Waals surface area (Å²) in [6.07, 6.45) is 0.985. The van der Waals surface area contributed by atoms with Crippen LogP contribution in [0.5, 0.6) is 0 Å². The van der Waals surface area contributed by atoms with Gasteiger partial charge in [0.2, 0.25) is 0 Å². The van der Waals surface area contributed by atoms with Crippen LogP contribution in [0.2, 0.25) is 0 Å². The van der Waals surface area contributed by atoms with Crippen LogP contribution in [0.1, 0.15) is 13.3 Å². The van der Waals surface area contributed by atoms with Crippen LogP contribution in [0.25, 0.3) is 0 Å². The number of aliphatic imine (C=N–C) groups is 2. The molecule has 0 rings (SSSR count). The normalized spacial score (nSPS) is 13.5. The highest BCUT2D eigenvalue weighted by Crippen LogP contribution is 2.19. The van der Waals surface area contributed by atoms with E-state index in [1.54, 1.807) is 5.55 Å². The third-order valence-electron chi connectivity index (χ3n) is 3.46. The van der Waals surface area contributed by atoms with Crippen LogP contribution in [0, 0.1) is 0 Å². The predicted molar refractivity (Wildman–Crippen MR) is 188 cm³/mol. The second kappa shape index (κ2) is 32.4. The fourth-order valence-electron chi connectivity index (χ4n) is 1.87. The van der Waals surface area contributed by atoms with Crippen molar-refractivity contribution in [3.63, 3.8) is 0 Å². The van der Waals surface area contributed by atoms with E-state index in [1.165, 1.54) is 29.1 Å². The molecule has 0 aliphatic carbocycles. The molecule has 218 valence electrons. The summed E-state index contributed by atoms with van der Waals surface area (Å²) >= 11 is 13.6. The maximum atomic E-state index is 11.9. The predicted octanol–water partition coefficient (Wildman–Crippen LogP) is 5.26. The van der Waals surface area contributed by atoms with E-state index >= 15 is 0 Å². The zero-order valence-corrected chi connectivity index (χ0v) is 29.3. The molecular weight excluding hydrogens is 667 g/mol. The molecule has 0 aliphatic heterocycles. The molecule has 2 unspecified atom stereocenters. The number of nitrogens with zero attached hydrogens (tertiary/aromatic N) is 2. The van der Waals surface area contributed by atoms with Crippen molar-refractivity contribution in [2.24, 2.45) is 9.98 Å². The lowest BCUT2D eigenvalue weighted by molar-refractivity contribution is 0.261. The first-order valence-corrected chi connectivity index (χ1v) is 23.2. The van der Waals surface area contributed by atoms with Gasteiger partial charge in [-0.25, -0.2) is 0 Å². The third-order valence-corrected chi connectivity index (χ3v) is 15.2. The molecule has 0 saturated carbocycles. The average molecular weight is 706 g/mol. The van der Waals surface area contributed by atoms with Crippen molar-refractivity contribution in [1.29, 1.82) is 0 Å². The highest BCUT2D eigenvalue weighted by molar-refractivity contribution is 8.23. The zero-order chi connectivity index (χ0) is 27.2. The molecule has 0 fully saturated rings. The Kier molecular flexibility index (Phi) is 34.0. The summed E-state index contributed by atoms with van der Waals surface area (Å²) in [4.78, 5) is 20.2. The van der Waals surface area contributed by atoms with Gasteiger partial charge in [0, 0.05) is 74.5 Å². The Morgan fingerprint density at radius 3 is 2.11 bits per heavy atom. The standard InChI is InChI=1S/C20H39N3O4S10/c1-2-3-21-12-36(26)11-10-31-18-34-17-30-8-9-35-20(25)23-5-7-29-16-33-15-28-6-4-22-13-37(27)19-32-14-24/h12-13,24H,2-11,14-19H2,1H3,(H,23,25). The molecule has 0 aromatic rings. The van der Waals surface area contributed by atoms with E-state index in [1.807, 2.05) is 70.6 Å². The summed E-state index contributed by atoms with van der Waals surface area (Å²) in [5, 5.41) is 16.1. The van der Waals surface area contributed by atoms with Gasteiger partial charge in [0.15, 0.2) is 0 Å². The number of rotatable bonds is 27. The molecule has 0 spiro atoms. The number of carbonyl (C=O) groups excluding carboxylic acids is 1. The Morgan fingerprint density at radius 1 is 0.784 bits per heavy atom. The van der Waals surface area contributed by atoms with Gasteiger partial charge in [0.1, 0.15) is 0 Å². The first-order valence-electron chi connectivity index (χ1n) is 11.4. The molecule has 0 bridgehead atoms. The molecule has 0 saturated heterocycles. The molecular formula is C20H39N3O4S10. The summed E-state index contributed by atoms with van der Waals surface area (Å²) < 4.78 is 23.1. The molecule has 7 nitrogen and oxygen atoms in total. The maximum Gasteiger partial charge on any atom is 0.279 e. The smallest absolute Gasteiger partial charge is 0.279 e. The van der Waals surface area contributed by atoms with Gasteiger partial charge in [-0.05, 0) is 6.42 Å². The number of aliphatic hydroxyl groups is 1. The van der Waals surface area contributed by atoms with E-state index in [-0.39, 0.29) is 11.2 Å². The van der Waals surface area contributed by atoms with Crippen LogP contribution in [0.15, 0.2) is 9.98 Å². The largest absolute Gasteiger partial charge is 0.386 e. The van der Waals surface area contributed by atoms with Crippen LogP contribution < -0.4 is 5.32 Å². The molecule has 1 amide bonds. The SMILES string of the molecule is CCCN=CS(=O)CCSCSCSCCSC(=O)NCCSCSCSCCN=CS(=O)CSCO. The van der Waals surface area contributed by atoms with Gasteiger partial charge >= 0.3 is 0 Å². The summed E-state index contributed by atoms with van der Waals surface area (Å²) in [5.41, 5.74) is 3.05. The summed E-state index contributed by atoms with van der Waals surface area (Å²) in [6.45, 7) is 4.17. The first-order chi connectivity index (χ1) is 18.1.